The first-order valence-corrected chi connectivity index (χ1v) is 4.79. The van der Waals surface area contributed by atoms with Crippen LogP contribution in [0.2, 0.25) is 5.15 Å². The van der Waals surface area contributed by atoms with Crippen molar-refractivity contribution in [3.63, 3.8) is 0 Å². The van der Waals surface area contributed by atoms with Crippen molar-refractivity contribution >= 4 is 29.3 Å². The number of carbonyl (C=O) groups is 1. The van der Waals surface area contributed by atoms with E-state index in [1.54, 1.807) is 0 Å². The number of rotatable bonds is 3. The number of hydrogen-bond acceptors (Lipinski definition) is 7. The Balaban J connectivity index is 2.00. The second-order valence-corrected chi connectivity index (χ2v) is 3.24. The molecule has 0 radical (unpaired) electrons. The molecule has 0 spiro atoms. The summed E-state index contributed by atoms with van der Waals surface area (Å²) in [6.45, 7) is 0. The van der Waals surface area contributed by atoms with Crippen molar-refractivity contribution in [1.29, 1.82) is 0 Å². The van der Waals surface area contributed by atoms with Gasteiger partial charge < -0.3 is 10.2 Å². The molecule has 17 heavy (non-hydrogen) atoms. The van der Waals surface area contributed by atoms with Crippen molar-refractivity contribution in [3.8, 4) is 0 Å². The first-order valence-electron chi connectivity index (χ1n) is 4.41. The van der Waals surface area contributed by atoms with E-state index in [0.717, 1.165) is 0 Å². The molecule has 0 unspecified atom stereocenters. The van der Waals surface area contributed by atoms with Crippen molar-refractivity contribution in [2.45, 2.75) is 0 Å². The fourth-order valence-electron chi connectivity index (χ4n) is 1.01. The highest BCUT2D eigenvalue weighted by Crippen LogP contribution is 2.11. The molecule has 0 saturated carbocycles. The van der Waals surface area contributed by atoms with E-state index in [9.17, 15) is 4.79 Å². The predicted molar refractivity (Wildman–Crippen MR) is 59.0 cm³/mol. The lowest BCUT2D eigenvalue weighted by Crippen LogP contribution is -2.30. The highest BCUT2D eigenvalue weighted by Gasteiger charge is 2.10. The number of aromatic nitrogens is 3. The standard InChI is InChI=1S/C8H7ClN6O2/c9-4-3-5(13-8(10)12-4)14-15-6(16)7-11-1-2-17-7/h1-3H,(H,15,16)(H3,10,12,13,14). The number of halogens is 1. The van der Waals surface area contributed by atoms with Crippen molar-refractivity contribution in [1.82, 2.24) is 20.4 Å². The first-order chi connectivity index (χ1) is 8.15. The Hall–Kier alpha value is -2.35. The van der Waals surface area contributed by atoms with E-state index < -0.39 is 5.91 Å². The van der Waals surface area contributed by atoms with Gasteiger partial charge in [-0.25, -0.2) is 9.97 Å². The van der Waals surface area contributed by atoms with Crippen LogP contribution in [0.3, 0.4) is 0 Å². The average molecular weight is 255 g/mol. The van der Waals surface area contributed by atoms with Gasteiger partial charge in [0, 0.05) is 6.07 Å². The molecule has 88 valence electrons. The molecule has 9 heteroatoms. The molecule has 1 amide bonds. The number of nitrogen functional groups attached to an aromatic ring is 1. The molecule has 2 aromatic heterocycles. The van der Waals surface area contributed by atoms with E-state index >= 15 is 0 Å². The SMILES string of the molecule is Nc1nc(Cl)cc(NNC(=O)c2ncco2)n1. The number of amides is 1. The second-order valence-electron chi connectivity index (χ2n) is 2.85. The minimum absolute atomic E-state index is 0.00891. The van der Waals surface area contributed by atoms with Crippen LogP contribution in [0.5, 0.6) is 0 Å². The van der Waals surface area contributed by atoms with E-state index in [-0.39, 0.29) is 22.8 Å². The Kier molecular flexibility index (Phi) is 3.06. The zero-order valence-electron chi connectivity index (χ0n) is 8.35. The van der Waals surface area contributed by atoms with E-state index in [4.69, 9.17) is 21.8 Å². The van der Waals surface area contributed by atoms with Gasteiger partial charge in [-0.1, -0.05) is 11.6 Å². The van der Waals surface area contributed by atoms with Crippen LogP contribution in [0.1, 0.15) is 10.7 Å². The number of hydrogen-bond donors (Lipinski definition) is 3. The minimum atomic E-state index is -0.552. The van der Waals surface area contributed by atoms with Crippen LogP contribution in [0.25, 0.3) is 0 Å². The third kappa shape index (κ3) is 2.82. The number of anilines is 2. The minimum Gasteiger partial charge on any atom is -0.441 e. The van der Waals surface area contributed by atoms with Crippen LogP contribution < -0.4 is 16.6 Å². The summed E-state index contributed by atoms with van der Waals surface area (Å²) in [4.78, 5) is 22.5. The van der Waals surface area contributed by atoms with Gasteiger partial charge in [0.2, 0.25) is 5.95 Å². The van der Waals surface area contributed by atoms with Crippen LogP contribution in [-0.4, -0.2) is 20.9 Å². The maximum atomic E-state index is 11.4. The highest BCUT2D eigenvalue weighted by atomic mass is 35.5. The van der Waals surface area contributed by atoms with E-state index in [1.807, 2.05) is 0 Å². The first kappa shape index (κ1) is 11.1. The summed E-state index contributed by atoms with van der Waals surface area (Å²) in [6.07, 6.45) is 2.64. The summed E-state index contributed by atoms with van der Waals surface area (Å²) in [7, 11) is 0. The van der Waals surface area contributed by atoms with Crippen molar-refractivity contribution in [2.24, 2.45) is 0 Å². The second kappa shape index (κ2) is 4.66. The number of nitrogens with one attached hydrogen (secondary N) is 2. The van der Waals surface area contributed by atoms with Gasteiger partial charge in [-0.05, 0) is 0 Å². The molecule has 0 aliphatic carbocycles. The quantitative estimate of drug-likeness (QED) is 0.537. The summed E-state index contributed by atoms with van der Waals surface area (Å²) in [6, 6.07) is 1.40. The maximum Gasteiger partial charge on any atom is 0.325 e. The molecule has 2 heterocycles. The predicted octanol–water partition coefficient (Wildman–Crippen LogP) is 0.457. The van der Waals surface area contributed by atoms with Crippen LogP contribution in [0, 0.1) is 0 Å². The Bertz CT molecular complexity index is 509. The molecule has 4 N–H and O–H groups in total. The fraction of sp³-hybridized carbons (Fsp3) is 0. The van der Waals surface area contributed by atoms with Gasteiger partial charge in [0.25, 0.3) is 5.89 Å². The fourth-order valence-corrected chi connectivity index (χ4v) is 1.20. The number of nitrogens with zero attached hydrogens (tertiary/aromatic N) is 3. The number of carbonyl (C=O) groups excluding carboxylic acids is 1. The molecule has 8 nitrogen and oxygen atoms in total. The Morgan fingerprint density at radius 3 is 2.94 bits per heavy atom. The maximum absolute atomic E-state index is 11.4. The van der Waals surface area contributed by atoms with E-state index in [1.165, 1.54) is 18.5 Å². The third-order valence-electron chi connectivity index (χ3n) is 1.64. The van der Waals surface area contributed by atoms with Gasteiger partial charge in [0.05, 0.1) is 6.20 Å². The summed E-state index contributed by atoms with van der Waals surface area (Å²) >= 11 is 5.65. The lowest BCUT2D eigenvalue weighted by atomic mass is 10.6. The monoisotopic (exact) mass is 254 g/mol. The van der Waals surface area contributed by atoms with Gasteiger partial charge in [-0.15, -0.1) is 0 Å². The molecular formula is C8H7ClN6O2. The molecule has 2 aromatic rings. The summed E-state index contributed by atoms with van der Waals surface area (Å²) < 4.78 is 4.78. The number of hydrazine groups is 1. The molecule has 0 saturated heterocycles. The Morgan fingerprint density at radius 1 is 1.47 bits per heavy atom. The molecule has 0 aromatic carbocycles. The van der Waals surface area contributed by atoms with E-state index in [0.29, 0.717) is 0 Å². The topological polar surface area (TPSA) is 119 Å². The summed E-state index contributed by atoms with van der Waals surface area (Å²) in [5, 5.41) is 0.158. The summed E-state index contributed by atoms with van der Waals surface area (Å²) in [5.74, 6) is -0.387. The van der Waals surface area contributed by atoms with Gasteiger partial charge in [-0.2, -0.15) is 4.98 Å². The molecule has 0 atom stereocenters. The van der Waals surface area contributed by atoms with Crippen LogP contribution in [0.15, 0.2) is 22.9 Å². The zero-order valence-corrected chi connectivity index (χ0v) is 9.10. The Morgan fingerprint density at radius 2 is 2.29 bits per heavy atom. The van der Waals surface area contributed by atoms with Gasteiger partial charge >= 0.3 is 5.91 Å². The normalized spacial score (nSPS) is 9.94. The van der Waals surface area contributed by atoms with Crippen LogP contribution in [-0.2, 0) is 0 Å². The van der Waals surface area contributed by atoms with Gasteiger partial charge in [-0.3, -0.25) is 15.6 Å². The highest BCUT2D eigenvalue weighted by molar-refractivity contribution is 6.29. The molecule has 0 aliphatic rings. The smallest absolute Gasteiger partial charge is 0.325 e. The molecule has 0 fully saturated rings. The number of oxazole rings is 1. The van der Waals surface area contributed by atoms with Gasteiger partial charge in [0.1, 0.15) is 11.4 Å². The average Bonchev–Trinajstić information content (AvgIpc) is 2.78. The lowest BCUT2D eigenvalue weighted by Gasteiger charge is -2.06. The van der Waals surface area contributed by atoms with E-state index in [2.05, 4.69) is 25.8 Å². The van der Waals surface area contributed by atoms with Crippen LogP contribution >= 0.6 is 11.6 Å². The summed E-state index contributed by atoms with van der Waals surface area (Å²) in [5.41, 5.74) is 10.2. The van der Waals surface area contributed by atoms with Gasteiger partial charge in [0.15, 0.2) is 5.82 Å². The van der Waals surface area contributed by atoms with Crippen molar-refractivity contribution < 1.29 is 9.21 Å². The molecular weight excluding hydrogens is 248 g/mol. The lowest BCUT2D eigenvalue weighted by molar-refractivity contribution is 0.0928. The Labute approximate surface area is 100 Å². The molecule has 2 rings (SSSR count). The van der Waals surface area contributed by atoms with Crippen LogP contribution in [0.4, 0.5) is 11.8 Å². The number of nitrogens with two attached hydrogens (primary N) is 1. The third-order valence-corrected chi connectivity index (χ3v) is 1.84. The zero-order chi connectivity index (χ0) is 12.3. The van der Waals surface area contributed by atoms with Crippen molar-refractivity contribution in [2.75, 3.05) is 11.2 Å². The largest absolute Gasteiger partial charge is 0.441 e. The molecule has 0 aliphatic heterocycles. The molecule has 0 bridgehead atoms. The van der Waals surface area contributed by atoms with Crippen molar-refractivity contribution in [3.05, 3.63) is 29.6 Å².